The molecule has 6 nitrogen and oxygen atoms in total. The van der Waals surface area contributed by atoms with Gasteiger partial charge in [-0.05, 0) is 49.6 Å². The zero-order valence-electron chi connectivity index (χ0n) is 13.6. The highest BCUT2D eigenvalue weighted by Crippen LogP contribution is 2.27. The van der Waals surface area contributed by atoms with E-state index in [0.717, 1.165) is 11.1 Å². The number of nitro groups is 1. The number of non-ortho nitro benzene ring substituents is 1. The third-order valence-electron chi connectivity index (χ3n) is 3.42. The Hall–Kier alpha value is -2.60. The average molecular weight is 349 g/mol. The lowest BCUT2D eigenvalue weighted by atomic mass is 10.1. The van der Waals surface area contributed by atoms with Crippen LogP contribution in [0, 0.1) is 30.9 Å². The fourth-order valence-electron chi connectivity index (χ4n) is 2.30. The number of halogens is 1. The number of rotatable bonds is 5. The molecular weight excluding hydrogens is 332 g/mol. The fraction of sp³-hybridized carbons (Fsp3) is 0.235. The standard InChI is InChI=1S/C17H17ClN2O4/c1-10-6-12(3)17(14(18)7-10)19-16(21)9-24-15-5-4-13(20(22)23)8-11(15)2/h4-8H,9H2,1-3H3,(H,19,21). The molecule has 2 aromatic rings. The summed E-state index contributed by atoms with van der Waals surface area (Å²) < 4.78 is 5.43. The van der Waals surface area contributed by atoms with E-state index in [1.807, 2.05) is 19.9 Å². The molecule has 0 spiro atoms. The number of amides is 1. The van der Waals surface area contributed by atoms with Crippen molar-refractivity contribution in [2.24, 2.45) is 0 Å². The summed E-state index contributed by atoms with van der Waals surface area (Å²) in [6.45, 7) is 5.24. The van der Waals surface area contributed by atoms with Crippen LogP contribution >= 0.6 is 11.6 Å². The summed E-state index contributed by atoms with van der Waals surface area (Å²) in [7, 11) is 0. The van der Waals surface area contributed by atoms with E-state index in [1.54, 1.807) is 13.0 Å². The normalized spacial score (nSPS) is 10.3. The van der Waals surface area contributed by atoms with Gasteiger partial charge < -0.3 is 10.1 Å². The lowest BCUT2D eigenvalue weighted by Crippen LogP contribution is -2.21. The quantitative estimate of drug-likeness (QED) is 0.648. The molecule has 2 aromatic carbocycles. The molecular formula is C17H17ClN2O4. The van der Waals surface area contributed by atoms with Crippen LogP contribution in [0.15, 0.2) is 30.3 Å². The van der Waals surface area contributed by atoms with Gasteiger partial charge in [-0.15, -0.1) is 0 Å². The van der Waals surface area contributed by atoms with Crippen LogP contribution in [0.4, 0.5) is 11.4 Å². The number of aryl methyl sites for hydroxylation is 3. The summed E-state index contributed by atoms with van der Waals surface area (Å²) in [5.41, 5.74) is 2.98. The molecule has 7 heteroatoms. The second kappa shape index (κ2) is 7.31. The lowest BCUT2D eigenvalue weighted by molar-refractivity contribution is -0.384. The Morgan fingerprint density at radius 3 is 2.50 bits per heavy atom. The smallest absolute Gasteiger partial charge is 0.269 e. The van der Waals surface area contributed by atoms with E-state index >= 15 is 0 Å². The number of hydrogen-bond acceptors (Lipinski definition) is 4. The van der Waals surface area contributed by atoms with E-state index in [1.165, 1.54) is 18.2 Å². The molecule has 0 heterocycles. The molecule has 2 rings (SSSR count). The predicted octanol–water partition coefficient (Wildman–Crippen LogP) is 4.19. The molecule has 126 valence electrons. The van der Waals surface area contributed by atoms with Crippen LogP contribution in [0.3, 0.4) is 0 Å². The SMILES string of the molecule is Cc1cc(C)c(NC(=O)COc2ccc([N+](=O)[O-])cc2C)c(Cl)c1. The first-order valence-electron chi connectivity index (χ1n) is 7.22. The molecule has 0 aliphatic heterocycles. The van der Waals surface area contributed by atoms with Gasteiger partial charge in [0.1, 0.15) is 5.75 Å². The molecule has 0 radical (unpaired) electrons. The van der Waals surface area contributed by atoms with Crippen molar-refractivity contribution in [3.8, 4) is 5.75 Å². The summed E-state index contributed by atoms with van der Waals surface area (Å²) in [4.78, 5) is 22.3. The van der Waals surface area contributed by atoms with Gasteiger partial charge in [-0.3, -0.25) is 14.9 Å². The van der Waals surface area contributed by atoms with Crippen LogP contribution in [0.1, 0.15) is 16.7 Å². The number of hydrogen-bond donors (Lipinski definition) is 1. The summed E-state index contributed by atoms with van der Waals surface area (Å²) in [6.07, 6.45) is 0. The van der Waals surface area contributed by atoms with Gasteiger partial charge in [0, 0.05) is 12.1 Å². The Balaban J connectivity index is 2.03. The van der Waals surface area contributed by atoms with Crippen molar-refractivity contribution in [3.05, 3.63) is 62.2 Å². The minimum atomic E-state index is -0.481. The molecule has 1 amide bonds. The van der Waals surface area contributed by atoms with Gasteiger partial charge in [0.2, 0.25) is 0 Å². The van der Waals surface area contributed by atoms with Crippen molar-refractivity contribution in [1.29, 1.82) is 0 Å². The Morgan fingerprint density at radius 2 is 1.92 bits per heavy atom. The van der Waals surface area contributed by atoms with Crippen LogP contribution in [0.25, 0.3) is 0 Å². The van der Waals surface area contributed by atoms with Crippen LogP contribution in [0.2, 0.25) is 5.02 Å². The summed E-state index contributed by atoms with van der Waals surface area (Å²) in [5, 5.41) is 13.9. The molecule has 0 aliphatic carbocycles. The minimum Gasteiger partial charge on any atom is -0.483 e. The molecule has 0 fully saturated rings. The zero-order chi connectivity index (χ0) is 17.9. The van der Waals surface area contributed by atoms with Gasteiger partial charge in [0.25, 0.3) is 11.6 Å². The number of carbonyl (C=O) groups excluding carboxylic acids is 1. The number of ether oxygens (including phenoxy) is 1. The Kier molecular flexibility index (Phi) is 5.41. The zero-order valence-corrected chi connectivity index (χ0v) is 14.3. The highest BCUT2D eigenvalue weighted by atomic mass is 35.5. The summed E-state index contributed by atoms with van der Waals surface area (Å²) in [5.74, 6) is 0.0593. The molecule has 0 aromatic heterocycles. The molecule has 0 bridgehead atoms. The number of nitrogens with one attached hydrogen (secondary N) is 1. The van der Waals surface area contributed by atoms with E-state index in [2.05, 4.69) is 5.32 Å². The van der Waals surface area contributed by atoms with Crippen molar-refractivity contribution in [1.82, 2.24) is 0 Å². The number of anilines is 1. The van der Waals surface area contributed by atoms with Crippen molar-refractivity contribution in [2.45, 2.75) is 20.8 Å². The van der Waals surface area contributed by atoms with Crippen molar-refractivity contribution >= 4 is 28.9 Å². The Morgan fingerprint density at radius 1 is 1.21 bits per heavy atom. The van der Waals surface area contributed by atoms with Crippen molar-refractivity contribution in [3.63, 3.8) is 0 Å². The maximum absolute atomic E-state index is 12.1. The lowest BCUT2D eigenvalue weighted by Gasteiger charge is -2.13. The molecule has 1 N–H and O–H groups in total. The van der Waals surface area contributed by atoms with Gasteiger partial charge in [-0.1, -0.05) is 17.7 Å². The van der Waals surface area contributed by atoms with E-state index in [4.69, 9.17) is 16.3 Å². The summed E-state index contributed by atoms with van der Waals surface area (Å²) in [6, 6.07) is 7.90. The van der Waals surface area contributed by atoms with Gasteiger partial charge in [-0.2, -0.15) is 0 Å². The first-order chi connectivity index (χ1) is 11.3. The molecule has 0 aliphatic rings. The molecule has 0 unspecified atom stereocenters. The largest absolute Gasteiger partial charge is 0.483 e. The van der Waals surface area contributed by atoms with Gasteiger partial charge in [0.15, 0.2) is 6.61 Å². The monoisotopic (exact) mass is 348 g/mol. The number of nitro benzene ring substituents is 1. The Labute approximate surface area is 144 Å². The maximum Gasteiger partial charge on any atom is 0.269 e. The molecule has 0 saturated heterocycles. The fourth-order valence-corrected chi connectivity index (χ4v) is 2.67. The maximum atomic E-state index is 12.1. The van der Waals surface area contributed by atoms with E-state index in [9.17, 15) is 14.9 Å². The third-order valence-corrected chi connectivity index (χ3v) is 3.72. The van der Waals surface area contributed by atoms with Crippen LogP contribution in [-0.2, 0) is 4.79 Å². The average Bonchev–Trinajstić information content (AvgIpc) is 2.49. The second-order valence-corrected chi connectivity index (χ2v) is 5.89. The van der Waals surface area contributed by atoms with Crippen molar-refractivity contribution < 1.29 is 14.5 Å². The minimum absolute atomic E-state index is 0.0219. The molecule has 24 heavy (non-hydrogen) atoms. The number of nitrogens with zero attached hydrogens (tertiary/aromatic N) is 1. The molecule has 0 saturated carbocycles. The topological polar surface area (TPSA) is 81.5 Å². The number of benzene rings is 2. The Bertz CT molecular complexity index is 782. The molecule has 0 atom stereocenters. The first-order valence-corrected chi connectivity index (χ1v) is 7.60. The van der Waals surface area contributed by atoms with Gasteiger partial charge >= 0.3 is 0 Å². The number of carbonyl (C=O) groups is 1. The van der Waals surface area contributed by atoms with Gasteiger partial charge in [-0.25, -0.2) is 0 Å². The third kappa shape index (κ3) is 4.23. The van der Waals surface area contributed by atoms with E-state index in [-0.39, 0.29) is 18.2 Å². The van der Waals surface area contributed by atoms with Crippen molar-refractivity contribution in [2.75, 3.05) is 11.9 Å². The highest BCUT2D eigenvalue weighted by Gasteiger charge is 2.12. The van der Waals surface area contributed by atoms with Crippen LogP contribution < -0.4 is 10.1 Å². The van der Waals surface area contributed by atoms with Gasteiger partial charge in [0.05, 0.1) is 15.6 Å². The van der Waals surface area contributed by atoms with E-state index in [0.29, 0.717) is 22.0 Å². The predicted molar refractivity (Wildman–Crippen MR) is 92.9 cm³/mol. The summed E-state index contributed by atoms with van der Waals surface area (Å²) >= 11 is 6.15. The van der Waals surface area contributed by atoms with Crippen LogP contribution in [0.5, 0.6) is 5.75 Å². The first kappa shape index (κ1) is 17.7. The van der Waals surface area contributed by atoms with E-state index < -0.39 is 4.92 Å². The van der Waals surface area contributed by atoms with Crippen LogP contribution in [-0.4, -0.2) is 17.4 Å². The highest BCUT2D eigenvalue weighted by molar-refractivity contribution is 6.34. The second-order valence-electron chi connectivity index (χ2n) is 5.48.